The Bertz CT molecular complexity index is 477. The molecule has 6 heteroatoms. The number of esters is 1. The molecule has 4 nitrogen and oxygen atoms in total. The number of ether oxygens (including phenoxy) is 1. The molecule has 0 saturated heterocycles. The largest absolute Gasteiger partial charge is 0.469 e. The van der Waals surface area contributed by atoms with Gasteiger partial charge in [0, 0.05) is 13.6 Å². The Kier molecular flexibility index (Phi) is 6.12. The van der Waals surface area contributed by atoms with Crippen molar-refractivity contribution in [3.63, 3.8) is 0 Å². The topological polar surface area (TPSA) is 46.6 Å². The van der Waals surface area contributed by atoms with Crippen LogP contribution in [0.2, 0.25) is 10.0 Å². The molecule has 0 aliphatic carbocycles. The molecule has 19 heavy (non-hydrogen) atoms. The van der Waals surface area contributed by atoms with Crippen LogP contribution in [0.5, 0.6) is 0 Å². The summed E-state index contributed by atoms with van der Waals surface area (Å²) in [6.45, 7) is 0.326. The van der Waals surface area contributed by atoms with E-state index in [2.05, 4.69) is 4.74 Å². The predicted octanol–water partition coefficient (Wildman–Crippen LogP) is 2.56. The number of carbonyl (C=O) groups excluding carboxylic acids is 2. The van der Waals surface area contributed by atoms with Gasteiger partial charge in [-0.25, -0.2) is 0 Å². The third kappa shape index (κ3) is 5.09. The lowest BCUT2D eigenvalue weighted by Gasteiger charge is -2.16. The minimum absolute atomic E-state index is 0.0951. The molecule has 1 aromatic carbocycles. The monoisotopic (exact) mass is 303 g/mol. The third-order valence-electron chi connectivity index (χ3n) is 2.64. The number of methoxy groups -OCH3 is 1. The summed E-state index contributed by atoms with van der Waals surface area (Å²) < 4.78 is 4.52. The molecule has 0 atom stereocenters. The number of hydrogen-bond acceptors (Lipinski definition) is 3. The van der Waals surface area contributed by atoms with Gasteiger partial charge in [-0.05, 0) is 17.7 Å². The Morgan fingerprint density at radius 1 is 1.26 bits per heavy atom. The minimum Gasteiger partial charge on any atom is -0.469 e. The van der Waals surface area contributed by atoms with Gasteiger partial charge in [-0.2, -0.15) is 0 Å². The van der Waals surface area contributed by atoms with Crippen molar-refractivity contribution in [1.29, 1.82) is 0 Å². The van der Waals surface area contributed by atoms with Crippen LogP contribution >= 0.6 is 23.2 Å². The molecule has 0 aliphatic heterocycles. The van der Waals surface area contributed by atoms with Crippen molar-refractivity contribution >= 4 is 35.1 Å². The Labute approximate surface area is 122 Å². The van der Waals surface area contributed by atoms with Crippen LogP contribution in [0.4, 0.5) is 0 Å². The summed E-state index contributed by atoms with van der Waals surface area (Å²) >= 11 is 11.7. The summed E-state index contributed by atoms with van der Waals surface area (Å²) in [7, 11) is 2.96. The summed E-state index contributed by atoms with van der Waals surface area (Å²) in [6.07, 6.45) is 0.397. The van der Waals surface area contributed by atoms with Gasteiger partial charge in [-0.15, -0.1) is 0 Å². The van der Waals surface area contributed by atoms with Crippen LogP contribution in [0.1, 0.15) is 12.0 Å². The molecular formula is C13H15Cl2NO3. The normalized spacial score (nSPS) is 10.1. The third-order valence-corrected chi connectivity index (χ3v) is 3.38. The summed E-state index contributed by atoms with van der Waals surface area (Å²) in [5, 5.41) is 0.876. The van der Waals surface area contributed by atoms with Crippen LogP contribution < -0.4 is 0 Å². The van der Waals surface area contributed by atoms with Crippen molar-refractivity contribution in [3.05, 3.63) is 33.8 Å². The van der Waals surface area contributed by atoms with Crippen molar-refractivity contribution in [2.24, 2.45) is 0 Å². The van der Waals surface area contributed by atoms with E-state index >= 15 is 0 Å². The maximum atomic E-state index is 11.9. The smallest absolute Gasteiger partial charge is 0.307 e. The van der Waals surface area contributed by atoms with Gasteiger partial charge in [0.2, 0.25) is 5.91 Å². The number of rotatable bonds is 5. The zero-order valence-electron chi connectivity index (χ0n) is 10.8. The van der Waals surface area contributed by atoms with E-state index in [9.17, 15) is 9.59 Å². The number of nitrogens with zero attached hydrogens (tertiary/aromatic N) is 1. The average Bonchev–Trinajstić information content (AvgIpc) is 2.39. The van der Waals surface area contributed by atoms with E-state index in [1.54, 1.807) is 25.2 Å². The van der Waals surface area contributed by atoms with Crippen molar-refractivity contribution in [1.82, 2.24) is 4.90 Å². The van der Waals surface area contributed by atoms with Gasteiger partial charge < -0.3 is 9.64 Å². The molecule has 0 radical (unpaired) electrons. The molecule has 0 aliphatic rings. The maximum absolute atomic E-state index is 11.9. The first-order chi connectivity index (χ1) is 8.93. The molecule has 0 heterocycles. The van der Waals surface area contributed by atoms with Gasteiger partial charge in [0.25, 0.3) is 0 Å². The second kappa shape index (κ2) is 7.36. The zero-order chi connectivity index (χ0) is 14.4. The first-order valence-corrected chi connectivity index (χ1v) is 6.44. The first-order valence-electron chi connectivity index (χ1n) is 5.68. The molecule has 0 N–H and O–H groups in total. The van der Waals surface area contributed by atoms with E-state index < -0.39 is 0 Å². The van der Waals surface area contributed by atoms with Gasteiger partial charge in [-0.1, -0.05) is 29.3 Å². The lowest BCUT2D eigenvalue weighted by Crippen LogP contribution is -2.30. The molecule has 0 aromatic heterocycles. The van der Waals surface area contributed by atoms with Gasteiger partial charge >= 0.3 is 5.97 Å². The Morgan fingerprint density at radius 3 is 2.53 bits per heavy atom. The highest BCUT2D eigenvalue weighted by molar-refractivity contribution is 6.42. The summed E-state index contributed by atoms with van der Waals surface area (Å²) in [4.78, 5) is 24.4. The predicted molar refractivity (Wildman–Crippen MR) is 74.4 cm³/mol. The zero-order valence-corrected chi connectivity index (χ0v) is 12.3. The van der Waals surface area contributed by atoms with E-state index in [1.165, 1.54) is 12.0 Å². The number of carbonyl (C=O) groups is 2. The van der Waals surface area contributed by atoms with Crippen LogP contribution in [0.25, 0.3) is 0 Å². The molecule has 0 unspecified atom stereocenters. The lowest BCUT2D eigenvalue weighted by atomic mass is 10.1. The van der Waals surface area contributed by atoms with E-state index in [1.807, 2.05) is 0 Å². The fraction of sp³-hybridized carbons (Fsp3) is 0.385. The second-order valence-corrected chi connectivity index (χ2v) is 4.88. The second-order valence-electron chi connectivity index (χ2n) is 4.07. The van der Waals surface area contributed by atoms with Crippen molar-refractivity contribution < 1.29 is 14.3 Å². The number of hydrogen-bond donors (Lipinski definition) is 0. The van der Waals surface area contributed by atoms with Crippen LogP contribution in [0.15, 0.2) is 18.2 Å². The summed E-state index contributed by atoms with van der Waals surface area (Å²) in [5.74, 6) is -0.434. The fourth-order valence-electron chi connectivity index (χ4n) is 1.44. The Hall–Kier alpha value is -1.26. The summed E-state index contributed by atoms with van der Waals surface area (Å²) in [5.41, 5.74) is 0.782. The van der Waals surface area contributed by atoms with Crippen LogP contribution in [-0.2, 0) is 20.7 Å². The molecule has 0 fully saturated rings. The van der Waals surface area contributed by atoms with Crippen molar-refractivity contribution in [3.8, 4) is 0 Å². The lowest BCUT2D eigenvalue weighted by molar-refractivity contribution is -0.141. The van der Waals surface area contributed by atoms with Crippen LogP contribution in [0, 0.1) is 0 Å². The minimum atomic E-state index is -0.339. The highest BCUT2D eigenvalue weighted by Gasteiger charge is 2.12. The molecule has 0 saturated carbocycles. The van der Waals surface area contributed by atoms with E-state index in [-0.39, 0.29) is 24.7 Å². The SMILES string of the molecule is COC(=O)CCN(C)C(=O)Cc1ccc(Cl)c(Cl)c1. The Balaban J connectivity index is 2.53. The van der Waals surface area contributed by atoms with E-state index in [4.69, 9.17) is 23.2 Å². The van der Waals surface area contributed by atoms with E-state index in [0.29, 0.717) is 16.6 Å². The molecule has 1 amide bonds. The van der Waals surface area contributed by atoms with E-state index in [0.717, 1.165) is 5.56 Å². The molecule has 104 valence electrons. The van der Waals surface area contributed by atoms with Gasteiger partial charge in [-0.3, -0.25) is 9.59 Å². The molecule has 0 bridgehead atoms. The summed E-state index contributed by atoms with van der Waals surface area (Å²) in [6, 6.07) is 5.07. The van der Waals surface area contributed by atoms with Gasteiger partial charge in [0.05, 0.1) is 30.0 Å². The highest BCUT2D eigenvalue weighted by Crippen LogP contribution is 2.22. The fourth-order valence-corrected chi connectivity index (χ4v) is 1.77. The quantitative estimate of drug-likeness (QED) is 0.785. The van der Waals surface area contributed by atoms with Crippen molar-refractivity contribution in [2.75, 3.05) is 20.7 Å². The number of benzene rings is 1. The number of amides is 1. The maximum Gasteiger partial charge on any atom is 0.307 e. The standard InChI is InChI=1S/C13H15Cl2NO3/c1-16(6-5-13(18)19-2)12(17)8-9-3-4-10(14)11(15)7-9/h3-4,7H,5-6,8H2,1-2H3. The average molecular weight is 304 g/mol. The number of likely N-dealkylation sites (N-methyl/N-ethyl adjacent to an activating group) is 1. The molecule has 1 aromatic rings. The number of halogens is 2. The molecule has 0 spiro atoms. The Morgan fingerprint density at radius 2 is 1.95 bits per heavy atom. The highest BCUT2D eigenvalue weighted by atomic mass is 35.5. The molecular weight excluding hydrogens is 289 g/mol. The first kappa shape index (κ1) is 15.8. The van der Waals surface area contributed by atoms with Crippen LogP contribution in [0.3, 0.4) is 0 Å². The van der Waals surface area contributed by atoms with Crippen LogP contribution in [-0.4, -0.2) is 37.5 Å². The van der Waals surface area contributed by atoms with Crippen molar-refractivity contribution in [2.45, 2.75) is 12.8 Å². The van der Waals surface area contributed by atoms with Gasteiger partial charge in [0.1, 0.15) is 0 Å². The van der Waals surface area contributed by atoms with Gasteiger partial charge in [0.15, 0.2) is 0 Å². The molecule has 1 rings (SSSR count).